The average molecular weight is 349 g/mol. The molecule has 1 amide bonds. The van der Waals surface area contributed by atoms with Crippen molar-refractivity contribution >= 4 is 11.9 Å². The molecular formula is C19H27NO5. The van der Waals surface area contributed by atoms with E-state index in [1.165, 1.54) is 0 Å². The Labute approximate surface area is 148 Å². The molecule has 0 radical (unpaired) electrons. The van der Waals surface area contributed by atoms with Gasteiger partial charge in [0, 0.05) is 19.8 Å². The summed E-state index contributed by atoms with van der Waals surface area (Å²) in [5.41, 5.74) is 2.20. The molecule has 0 spiro atoms. The van der Waals surface area contributed by atoms with Crippen LogP contribution in [0.3, 0.4) is 0 Å². The van der Waals surface area contributed by atoms with E-state index < -0.39 is 11.9 Å². The SMILES string of the molecule is Cc1cccc(OCCC(=O)NCC(C(=O)O)C2CCOCC2)c1C. The Bertz CT molecular complexity index is 595. The van der Waals surface area contributed by atoms with Gasteiger partial charge in [-0.1, -0.05) is 12.1 Å². The van der Waals surface area contributed by atoms with Crippen LogP contribution in [0.4, 0.5) is 0 Å². The van der Waals surface area contributed by atoms with Crippen LogP contribution in [0, 0.1) is 25.7 Å². The number of aliphatic carboxylic acids is 1. The molecule has 0 aromatic heterocycles. The van der Waals surface area contributed by atoms with E-state index in [0.717, 1.165) is 29.7 Å². The van der Waals surface area contributed by atoms with Crippen molar-refractivity contribution in [1.29, 1.82) is 0 Å². The smallest absolute Gasteiger partial charge is 0.308 e. The minimum absolute atomic E-state index is 0.0535. The Morgan fingerprint density at radius 1 is 1.32 bits per heavy atom. The van der Waals surface area contributed by atoms with Crippen LogP contribution in [0.5, 0.6) is 5.75 Å². The summed E-state index contributed by atoms with van der Waals surface area (Å²) in [6.07, 6.45) is 1.65. The molecule has 1 atom stereocenters. The van der Waals surface area contributed by atoms with E-state index in [4.69, 9.17) is 9.47 Å². The first-order valence-corrected chi connectivity index (χ1v) is 8.75. The molecule has 1 saturated heterocycles. The number of ether oxygens (including phenoxy) is 2. The zero-order chi connectivity index (χ0) is 18.2. The Balaban J connectivity index is 1.75. The molecule has 2 rings (SSSR count). The Kier molecular flexibility index (Phi) is 7.25. The van der Waals surface area contributed by atoms with Crippen molar-refractivity contribution in [3.8, 4) is 5.75 Å². The van der Waals surface area contributed by atoms with Gasteiger partial charge in [0.15, 0.2) is 0 Å². The van der Waals surface area contributed by atoms with E-state index in [1.807, 2.05) is 32.0 Å². The standard InChI is InChI=1S/C19H27NO5/c1-13-4-3-5-17(14(13)2)25-11-8-18(21)20-12-16(19(22)23)15-6-9-24-10-7-15/h3-5,15-16H,6-12H2,1-2H3,(H,20,21)(H,22,23). The van der Waals surface area contributed by atoms with E-state index in [9.17, 15) is 14.7 Å². The molecule has 1 unspecified atom stereocenters. The first-order valence-electron chi connectivity index (χ1n) is 8.75. The number of amides is 1. The van der Waals surface area contributed by atoms with Gasteiger partial charge < -0.3 is 19.9 Å². The van der Waals surface area contributed by atoms with Crippen molar-refractivity contribution in [2.75, 3.05) is 26.4 Å². The largest absolute Gasteiger partial charge is 0.493 e. The van der Waals surface area contributed by atoms with Gasteiger partial charge in [-0.2, -0.15) is 0 Å². The topological polar surface area (TPSA) is 84.9 Å². The van der Waals surface area contributed by atoms with Gasteiger partial charge in [-0.25, -0.2) is 0 Å². The number of carboxylic acid groups (broad SMARTS) is 1. The molecule has 6 nitrogen and oxygen atoms in total. The molecule has 1 aliphatic heterocycles. The van der Waals surface area contributed by atoms with Gasteiger partial charge in [0.05, 0.1) is 18.9 Å². The summed E-state index contributed by atoms with van der Waals surface area (Å²) in [5, 5.41) is 12.1. The molecule has 25 heavy (non-hydrogen) atoms. The number of carboxylic acids is 1. The summed E-state index contributed by atoms with van der Waals surface area (Å²) in [4.78, 5) is 23.4. The molecular weight excluding hydrogens is 322 g/mol. The van der Waals surface area contributed by atoms with E-state index in [0.29, 0.717) is 13.2 Å². The van der Waals surface area contributed by atoms with Crippen LogP contribution in [0.25, 0.3) is 0 Å². The number of nitrogens with one attached hydrogen (secondary N) is 1. The first-order chi connectivity index (χ1) is 12.0. The Morgan fingerprint density at radius 2 is 2.04 bits per heavy atom. The van der Waals surface area contributed by atoms with Crippen LogP contribution in [-0.2, 0) is 14.3 Å². The Hall–Kier alpha value is -2.08. The number of hydrogen-bond acceptors (Lipinski definition) is 4. The molecule has 0 saturated carbocycles. The molecule has 1 aromatic carbocycles. The third kappa shape index (κ3) is 5.74. The molecule has 1 heterocycles. The van der Waals surface area contributed by atoms with Crippen molar-refractivity contribution in [3.63, 3.8) is 0 Å². The molecule has 1 aliphatic rings. The molecule has 138 valence electrons. The number of carbonyl (C=O) groups is 2. The fourth-order valence-electron chi connectivity index (χ4n) is 3.02. The lowest BCUT2D eigenvalue weighted by atomic mass is 9.86. The van der Waals surface area contributed by atoms with Gasteiger partial charge in [0.25, 0.3) is 0 Å². The molecule has 1 fully saturated rings. The van der Waals surface area contributed by atoms with Gasteiger partial charge in [-0.3, -0.25) is 9.59 Å². The lowest BCUT2D eigenvalue weighted by Gasteiger charge is -2.27. The summed E-state index contributed by atoms with van der Waals surface area (Å²) in [6.45, 7) is 5.60. The molecule has 6 heteroatoms. The fourth-order valence-corrected chi connectivity index (χ4v) is 3.02. The molecule has 0 bridgehead atoms. The monoisotopic (exact) mass is 349 g/mol. The third-order valence-electron chi connectivity index (χ3n) is 4.81. The van der Waals surface area contributed by atoms with Crippen LogP contribution in [0.15, 0.2) is 18.2 Å². The maximum absolute atomic E-state index is 12.0. The highest BCUT2D eigenvalue weighted by molar-refractivity contribution is 5.77. The van der Waals surface area contributed by atoms with E-state index in [1.54, 1.807) is 0 Å². The van der Waals surface area contributed by atoms with Gasteiger partial charge in [-0.15, -0.1) is 0 Å². The zero-order valence-electron chi connectivity index (χ0n) is 14.9. The lowest BCUT2D eigenvalue weighted by Crippen LogP contribution is -2.39. The number of benzene rings is 1. The number of carbonyl (C=O) groups excluding carboxylic acids is 1. The van der Waals surface area contributed by atoms with Crippen molar-refractivity contribution in [1.82, 2.24) is 5.32 Å². The second-order valence-electron chi connectivity index (χ2n) is 6.50. The van der Waals surface area contributed by atoms with Crippen LogP contribution >= 0.6 is 0 Å². The molecule has 1 aromatic rings. The second-order valence-corrected chi connectivity index (χ2v) is 6.50. The zero-order valence-corrected chi connectivity index (χ0v) is 14.9. The normalized spacial score (nSPS) is 16.2. The summed E-state index contributed by atoms with van der Waals surface area (Å²) in [7, 11) is 0. The summed E-state index contributed by atoms with van der Waals surface area (Å²) in [6, 6.07) is 5.81. The second kappa shape index (κ2) is 9.42. The molecule has 2 N–H and O–H groups in total. The minimum Gasteiger partial charge on any atom is -0.493 e. The van der Waals surface area contributed by atoms with Gasteiger partial charge >= 0.3 is 5.97 Å². The quantitative estimate of drug-likeness (QED) is 0.752. The summed E-state index contributed by atoms with van der Waals surface area (Å²) >= 11 is 0. The first kappa shape index (κ1) is 19.2. The summed E-state index contributed by atoms with van der Waals surface area (Å²) in [5.74, 6) is -0.786. The van der Waals surface area contributed by atoms with Gasteiger partial charge in [-0.05, 0) is 49.8 Å². The van der Waals surface area contributed by atoms with Gasteiger partial charge in [0.1, 0.15) is 5.75 Å². The van der Waals surface area contributed by atoms with Crippen LogP contribution in [0.1, 0.15) is 30.4 Å². The number of aryl methyl sites for hydroxylation is 1. The van der Waals surface area contributed by atoms with E-state index >= 15 is 0 Å². The predicted octanol–water partition coefficient (Wildman–Crippen LogP) is 2.32. The number of hydrogen-bond donors (Lipinski definition) is 2. The van der Waals surface area contributed by atoms with Crippen LogP contribution in [0.2, 0.25) is 0 Å². The number of rotatable bonds is 8. The maximum Gasteiger partial charge on any atom is 0.308 e. The Morgan fingerprint density at radius 3 is 2.72 bits per heavy atom. The van der Waals surface area contributed by atoms with Crippen molar-refractivity contribution in [2.24, 2.45) is 11.8 Å². The van der Waals surface area contributed by atoms with Crippen LogP contribution in [-0.4, -0.2) is 43.3 Å². The highest BCUT2D eigenvalue weighted by Crippen LogP contribution is 2.24. The third-order valence-corrected chi connectivity index (χ3v) is 4.81. The highest BCUT2D eigenvalue weighted by atomic mass is 16.5. The van der Waals surface area contributed by atoms with Crippen molar-refractivity contribution < 1.29 is 24.2 Å². The lowest BCUT2D eigenvalue weighted by molar-refractivity contribution is -0.145. The van der Waals surface area contributed by atoms with Crippen molar-refractivity contribution in [3.05, 3.63) is 29.3 Å². The maximum atomic E-state index is 12.0. The van der Waals surface area contributed by atoms with Gasteiger partial charge in [0.2, 0.25) is 5.91 Å². The highest BCUT2D eigenvalue weighted by Gasteiger charge is 2.29. The van der Waals surface area contributed by atoms with Crippen LogP contribution < -0.4 is 10.1 Å². The minimum atomic E-state index is -0.862. The molecule has 0 aliphatic carbocycles. The van der Waals surface area contributed by atoms with Crippen molar-refractivity contribution in [2.45, 2.75) is 33.1 Å². The predicted molar refractivity (Wildman–Crippen MR) is 93.7 cm³/mol. The van der Waals surface area contributed by atoms with E-state index in [-0.39, 0.29) is 31.4 Å². The fraction of sp³-hybridized carbons (Fsp3) is 0.579. The summed E-state index contributed by atoms with van der Waals surface area (Å²) < 4.78 is 10.9. The van der Waals surface area contributed by atoms with E-state index in [2.05, 4.69) is 5.32 Å². The average Bonchev–Trinajstić information content (AvgIpc) is 2.59.